The van der Waals surface area contributed by atoms with Crippen LogP contribution in [0.1, 0.15) is 47.1 Å². The summed E-state index contributed by atoms with van der Waals surface area (Å²) in [5.41, 5.74) is 2.74. The average Bonchev–Trinajstić information content (AvgIpc) is 2.27. The van der Waals surface area contributed by atoms with Crippen LogP contribution in [0.25, 0.3) is 0 Å². The van der Waals surface area contributed by atoms with Crippen molar-refractivity contribution in [3.8, 4) is 0 Å². The first kappa shape index (κ1) is 15.2. The maximum Gasteiger partial charge on any atom is 0.123 e. The molecule has 0 aromatic heterocycles. The van der Waals surface area contributed by atoms with Gasteiger partial charge in [-0.25, -0.2) is 0 Å². The lowest BCUT2D eigenvalue weighted by molar-refractivity contribution is 0.388. The van der Waals surface area contributed by atoms with Gasteiger partial charge in [0.1, 0.15) is 6.29 Å². The number of halogens is 1. The number of hydrogen-bond donors (Lipinski definition) is 0. The second-order valence-electron chi connectivity index (χ2n) is 6.64. The van der Waals surface area contributed by atoms with Crippen molar-refractivity contribution in [2.45, 2.75) is 52.1 Å². The van der Waals surface area contributed by atoms with Crippen LogP contribution in [0.2, 0.25) is 5.54 Å². The Morgan fingerprint density at radius 3 is 1.88 bits per heavy atom. The molecule has 0 nitrogen and oxygen atoms in total. The first-order valence-electron chi connectivity index (χ1n) is 6.37. The van der Waals surface area contributed by atoms with Gasteiger partial charge in [0.25, 0.3) is 0 Å². The number of rotatable bonds is 3. The van der Waals surface area contributed by atoms with E-state index in [0.717, 1.165) is 5.54 Å². The van der Waals surface area contributed by atoms with Crippen LogP contribution in [0.15, 0.2) is 30.3 Å². The molecule has 0 saturated carbocycles. The molecule has 2 atom stereocenters. The molecule has 0 aliphatic rings. The molecule has 0 aliphatic carbocycles. The van der Waals surface area contributed by atoms with Gasteiger partial charge in [0.2, 0.25) is 0 Å². The molecular formula is C15H25ISi. The topological polar surface area (TPSA) is 0 Å². The highest BCUT2D eigenvalue weighted by atomic mass is 127. The molecular weight excluding hydrogens is 335 g/mol. The SMILES string of the molecule is CC([SiH](I)C(C)(C)c1ccccc1)C(C)(C)C. The van der Waals surface area contributed by atoms with Crippen LogP contribution in [-0.4, -0.2) is 6.29 Å². The van der Waals surface area contributed by atoms with Crippen LogP contribution in [0.4, 0.5) is 0 Å². The van der Waals surface area contributed by atoms with Crippen LogP contribution >= 0.6 is 21.8 Å². The first-order chi connectivity index (χ1) is 7.67. The lowest BCUT2D eigenvalue weighted by Gasteiger charge is -2.39. The zero-order chi connectivity index (χ0) is 13.3. The van der Waals surface area contributed by atoms with E-state index in [9.17, 15) is 0 Å². The lowest BCUT2D eigenvalue weighted by atomic mass is 9.93. The van der Waals surface area contributed by atoms with Crippen molar-refractivity contribution in [2.75, 3.05) is 0 Å². The Labute approximate surface area is 121 Å². The van der Waals surface area contributed by atoms with E-state index in [-0.39, 0.29) is 0 Å². The smallest absolute Gasteiger partial charge is 0.122 e. The summed E-state index contributed by atoms with van der Waals surface area (Å²) >= 11 is 2.78. The van der Waals surface area contributed by atoms with Crippen molar-refractivity contribution >= 4 is 28.1 Å². The van der Waals surface area contributed by atoms with Gasteiger partial charge < -0.3 is 0 Å². The normalized spacial score (nSPS) is 16.6. The first-order valence-corrected chi connectivity index (χ1v) is 11.8. The van der Waals surface area contributed by atoms with Crippen LogP contribution in [-0.2, 0) is 5.04 Å². The third-order valence-electron chi connectivity index (χ3n) is 4.01. The summed E-state index contributed by atoms with van der Waals surface area (Å²) < 4.78 is 0. The van der Waals surface area contributed by atoms with Crippen molar-refractivity contribution in [3.05, 3.63) is 35.9 Å². The van der Waals surface area contributed by atoms with Gasteiger partial charge in [-0.15, -0.1) is 21.8 Å². The van der Waals surface area contributed by atoms with E-state index in [1.165, 1.54) is 5.56 Å². The predicted octanol–water partition coefficient (Wildman–Crippen LogP) is 5.10. The lowest BCUT2D eigenvalue weighted by Crippen LogP contribution is -2.40. The Morgan fingerprint density at radius 1 is 1.00 bits per heavy atom. The fourth-order valence-electron chi connectivity index (χ4n) is 2.09. The molecule has 0 amide bonds. The Morgan fingerprint density at radius 2 is 1.47 bits per heavy atom. The van der Waals surface area contributed by atoms with Gasteiger partial charge in [0.05, 0.1) is 0 Å². The number of hydrogen-bond acceptors (Lipinski definition) is 0. The van der Waals surface area contributed by atoms with Gasteiger partial charge in [0, 0.05) is 0 Å². The van der Waals surface area contributed by atoms with Crippen LogP contribution in [0.3, 0.4) is 0 Å². The summed E-state index contributed by atoms with van der Waals surface area (Å²) in [6.07, 6.45) is -0.887. The molecule has 0 saturated heterocycles. The molecule has 0 aliphatic heterocycles. The van der Waals surface area contributed by atoms with Gasteiger partial charge in [-0.3, -0.25) is 0 Å². The average molecular weight is 360 g/mol. The monoisotopic (exact) mass is 360 g/mol. The molecule has 2 heteroatoms. The van der Waals surface area contributed by atoms with Gasteiger partial charge in [-0.2, -0.15) is 0 Å². The standard InChI is InChI=1S/C15H25ISi/c1-12(14(2,3)4)17(16)15(5,6)13-10-8-7-9-11-13/h7-12,17H,1-6H3. The molecule has 0 heterocycles. The third kappa shape index (κ3) is 3.57. The summed E-state index contributed by atoms with van der Waals surface area (Å²) in [6.45, 7) is 14.4. The molecule has 2 unspecified atom stereocenters. The van der Waals surface area contributed by atoms with Crippen LogP contribution in [0.5, 0.6) is 0 Å². The minimum absolute atomic E-state index is 0.356. The van der Waals surface area contributed by atoms with Crippen molar-refractivity contribution < 1.29 is 0 Å². The molecule has 96 valence electrons. The summed E-state index contributed by atoms with van der Waals surface area (Å²) in [6, 6.07) is 11.0. The van der Waals surface area contributed by atoms with Crippen molar-refractivity contribution in [1.29, 1.82) is 0 Å². The summed E-state index contributed by atoms with van der Waals surface area (Å²) in [7, 11) is 0. The fraction of sp³-hybridized carbons (Fsp3) is 0.600. The Bertz CT molecular complexity index is 351. The largest absolute Gasteiger partial charge is 0.123 e. The zero-order valence-electron chi connectivity index (χ0n) is 11.9. The molecule has 1 rings (SSSR count). The Hall–Kier alpha value is 0.167. The molecule has 0 spiro atoms. The molecule has 17 heavy (non-hydrogen) atoms. The molecule has 0 fully saturated rings. The Kier molecular flexibility index (Phi) is 4.86. The maximum absolute atomic E-state index is 2.78. The van der Waals surface area contributed by atoms with Crippen LogP contribution in [0, 0.1) is 5.41 Å². The van der Waals surface area contributed by atoms with Crippen LogP contribution < -0.4 is 0 Å². The summed E-state index contributed by atoms with van der Waals surface area (Å²) in [4.78, 5) is 0. The zero-order valence-corrected chi connectivity index (χ0v) is 15.2. The van der Waals surface area contributed by atoms with Crippen molar-refractivity contribution in [1.82, 2.24) is 0 Å². The number of benzene rings is 1. The molecule has 0 radical (unpaired) electrons. The highest BCUT2D eigenvalue weighted by molar-refractivity contribution is 14.1. The molecule has 0 N–H and O–H groups in total. The highest BCUT2D eigenvalue weighted by Gasteiger charge is 2.39. The molecule has 0 bridgehead atoms. The van der Waals surface area contributed by atoms with E-state index in [4.69, 9.17) is 0 Å². The van der Waals surface area contributed by atoms with E-state index in [1.54, 1.807) is 0 Å². The molecule has 1 aromatic carbocycles. The maximum atomic E-state index is 2.78. The third-order valence-corrected chi connectivity index (χ3v) is 15.5. The van der Waals surface area contributed by atoms with Crippen molar-refractivity contribution in [2.24, 2.45) is 5.41 Å². The van der Waals surface area contributed by atoms with E-state index in [1.807, 2.05) is 0 Å². The minimum Gasteiger partial charge on any atom is -0.122 e. The minimum atomic E-state index is -0.887. The summed E-state index contributed by atoms with van der Waals surface area (Å²) in [5.74, 6) is 0. The van der Waals surface area contributed by atoms with E-state index in [0.29, 0.717) is 10.5 Å². The second kappa shape index (κ2) is 5.43. The Balaban J connectivity index is 2.99. The fourth-order valence-corrected chi connectivity index (χ4v) is 9.04. The predicted molar refractivity (Wildman–Crippen MR) is 89.5 cm³/mol. The summed E-state index contributed by atoms with van der Waals surface area (Å²) in [5, 5.41) is 0.356. The van der Waals surface area contributed by atoms with Gasteiger partial charge in [-0.1, -0.05) is 71.9 Å². The quantitative estimate of drug-likeness (QED) is 0.400. The van der Waals surface area contributed by atoms with E-state index in [2.05, 4.69) is 93.7 Å². The van der Waals surface area contributed by atoms with E-state index < -0.39 is 6.29 Å². The van der Waals surface area contributed by atoms with Crippen molar-refractivity contribution in [3.63, 3.8) is 0 Å². The molecule has 1 aromatic rings. The highest BCUT2D eigenvalue weighted by Crippen LogP contribution is 2.43. The van der Waals surface area contributed by atoms with E-state index >= 15 is 0 Å². The van der Waals surface area contributed by atoms with Gasteiger partial charge in [-0.05, 0) is 21.6 Å². The second-order valence-corrected chi connectivity index (χ2v) is 13.9. The van der Waals surface area contributed by atoms with Gasteiger partial charge in [0.15, 0.2) is 0 Å². The van der Waals surface area contributed by atoms with Gasteiger partial charge >= 0.3 is 0 Å².